The maximum absolute atomic E-state index is 14.3. The Bertz CT molecular complexity index is 2510. The minimum Gasteiger partial charge on any atom is -0.378 e. The molecular weight excluding hydrogens is 651 g/mol. The van der Waals surface area contributed by atoms with E-state index in [9.17, 15) is 26.4 Å². The molecular formula is C36H27N3O7S2. The Kier molecular flexibility index (Phi) is 7.30. The molecule has 2 amide bonds. The van der Waals surface area contributed by atoms with Crippen molar-refractivity contribution in [2.24, 2.45) is 0 Å². The average molecular weight is 678 g/mol. The van der Waals surface area contributed by atoms with Crippen LogP contribution in [0, 0.1) is 13.8 Å². The van der Waals surface area contributed by atoms with E-state index in [1.807, 2.05) is 13.8 Å². The lowest BCUT2D eigenvalue weighted by molar-refractivity contribution is 0.0694. The predicted octanol–water partition coefficient (Wildman–Crippen LogP) is 6.22. The fourth-order valence-electron chi connectivity index (χ4n) is 5.75. The molecule has 5 aromatic carbocycles. The van der Waals surface area contributed by atoms with Crippen molar-refractivity contribution in [2.75, 3.05) is 7.05 Å². The van der Waals surface area contributed by atoms with Crippen LogP contribution in [0.25, 0.3) is 33.3 Å². The van der Waals surface area contributed by atoms with Crippen molar-refractivity contribution >= 4 is 42.9 Å². The van der Waals surface area contributed by atoms with Crippen molar-refractivity contribution in [2.45, 2.75) is 23.6 Å². The maximum Gasteiger partial charge on any atom is 0.339 e. The Morgan fingerprint density at radius 2 is 1.21 bits per heavy atom. The molecule has 6 aromatic rings. The van der Waals surface area contributed by atoms with E-state index in [0.29, 0.717) is 11.1 Å². The number of para-hydroxylation sites is 1. The Morgan fingerprint density at radius 1 is 0.646 bits per heavy atom. The van der Waals surface area contributed by atoms with Gasteiger partial charge in [-0.25, -0.2) is 0 Å². The van der Waals surface area contributed by atoms with Gasteiger partial charge in [-0.3, -0.25) is 14.5 Å². The van der Waals surface area contributed by atoms with Crippen LogP contribution >= 0.6 is 0 Å². The predicted molar refractivity (Wildman–Crippen MR) is 180 cm³/mol. The summed E-state index contributed by atoms with van der Waals surface area (Å²) in [7, 11) is -7.39. The number of fused-ring (bicyclic) bond motifs is 3. The zero-order chi connectivity index (χ0) is 34.0. The van der Waals surface area contributed by atoms with E-state index in [1.165, 1.54) is 49.5 Å². The Balaban J connectivity index is 1.56. The van der Waals surface area contributed by atoms with Gasteiger partial charge in [-0.2, -0.15) is 26.0 Å². The highest BCUT2D eigenvalue weighted by atomic mass is 32.2. The van der Waals surface area contributed by atoms with Gasteiger partial charge in [-0.1, -0.05) is 77.9 Å². The van der Waals surface area contributed by atoms with Crippen molar-refractivity contribution in [1.82, 2.24) is 14.1 Å². The fourth-order valence-corrected chi connectivity index (χ4v) is 7.97. The minimum atomic E-state index is -4.39. The number of carbonyl (C=O) groups is 2. The van der Waals surface area contributed by atoms with Crippen molar-refractivity contribution in [3.8, 4) is 28.1 Å². The molecule has 0 saturated heterocycles. The summed E-state index contributed by atoms with van der Waals surface area (Å²) < 4.78 is 61.9. The molecule has 1 aromatic heterocycles. The van der Waals surface area contributed by atoms with E-state index < -0.39 is 32.0 Å². The summed E-state index contributed by atoms with van der Waals surface area (Å²) in [6.45, 7) is 3.65. The molecule has 0 bridgehead atoms. The van der Waals surface area contributed by atoms with Gasteiger partial charge in [0.2, 0.25) is 0 Å². The number of imide groups is 1. The summed E-state index contributed by atoms with van der Waals surface area (Å²) >= 11 is 0. The first kappa shape index (κ1) is 31.0. The van der Waals surface area contributed by atoms with Gasteiger partial charge in [-0.15, -0.1) is 0 Å². The monoisotopic (exact) mass is 677 g/mol. The van der Waals surface area contributed by atoms with Gasteiger partial charge in [0.25, 0.3) is 21.8 Å². The average Bonchev–Trinajstić information content (AvgIpc) is 3.57. The highest BCUT2D eigenvalue weighted by molar-refractivity contribution is 7.90. The molecule has 10 nitrogen and oxygen atoms in total. The van der Waals surface area contributed by atoms with E-state index in [2.05, 4.69) is 5.10 Å². The van der Waals surface area contributed by atoms with Gasteiger partial charge in [0, 0.05) is 18.0 Å². The molecule has 48 heavy (non-hydrogen) atoms. The largest absolute Gasteiger partial charge is 0.378 e. The third kappa shape index (κ3) is 4.97. The quantitative estimate of drug-likeness (QED) is 0.144. The number of benzene rings is 5. The molecule has 240 valence electrons. The van der Waals surface area contributed by atoms with Crippen LogP contribution in [0.4, 0.5) is 0 Å². The lowest BCUT2D eigenvalue weighted by Gasteiger charge is -2.12. The number of aryl methyl sites for hydroxylation is 2. The van der Waals surface area contributed by atoms with Gasteiger partial charge >= 0.3 is 10.1 Å². The lowest BCUT2D eigenvalue weighted by Crippen LogP contribution is -2.24. The van der Waals surface area contributed by atoms with E-state index in [4.69, 9.17) is 4.18 Å². The molecule has 7 rings (SSSR count). The zero-order valence-corrected chi connectivity index (χ0v) is 27.5. The van der Waals surface area contributed by atoms with Crippen LogP contribution in [0.5, 0.6) is 5.75 Å². The number of rotatable bonds is 7. The van der Waals surface area contributed by atoms with Crippen LogP contribution < -0.4 is 4.18 Å². The zero-order valence-electron chi connectivity index (χ0n) is 25.9. The van der Waals surface area contributed by atoms with E-state index >= 15 is 0 Å². The summed E-state index contributed by atoms with van der Waals surface area (Å²) in [4.78, 5) is 28.3. The third-order valence-electron chi connectivity index (χ3n) is 8.26. The first-order valence-corrected chi connectivity index (χ1v) is 17.6. The molecule has 1 aliphatic rings. The molecule has 0 radical (unpaired) electrons. The summed E-state index contributed by atoms with van der Waals surface area (Å²) in [5, 5.41) is 4.64. The number of hydrogen-bond acceptors (Lipinski definition) is 8. The van der Waals surface area contributed by atoms with Gasteiger partial charge in [0.1, 0.15) is 10.6 Å². The SMILES string of the molecule is Cc1ccc(S(=O)(=O)Oc2ccccc2-c2nn(S(=O)(=O)c3ccc(C)cc3)c3cc(-c4ccccc4)c4c(c23)C(=O)N(C)C4=O)cc1. The molecule has 0 unspecified atom stereocenters. The molecule has 0 aliphatic carbocycles. The van der Waals surface area contributed by atoms with Crippen LogP contribution in [0.2, 0.25) is 0 Å². The molecule has 2 heterocycles. The van der Waals surface area contributed by atoms with Crippen LogP contribution in [-0.4, -0.2) is 49.8 Å². The van der Waals surface area contributed by atoms with Gasteiger partial charge in [-0.05, 0) is 67.4 Å². The summed E-state index contributed by atoms with van der Waals surface area (Å²) in [5.74, 6) is -1.37. The third-order valence-corrected chi connectivity index (χ3v) is 11.1. The molecule has 0 atom stereocenters. The van der Waals surface area contributed by atoms with Gasteiger partial charge in [0.05, 0.1) is 21.5 Å². The summed E-state index contributed by atoms with van der Waals surface area (Å²) in [6, 6.07) is 28.8. The number of amides is 2. The molecule has 0 fully saturated rings. The number of hydrogen-bond donors (Lipinski definition) is 0. The number of nitrogens with zero attached hydrogens (tertiary/aromatic N) is 3. The molecule has 1 aliphatic heterocycles. The second kappa shape index (κ2) is 11.3. The fraction of sp³-hybridized carbons (Fsp3) is 0.0833. The minimum absolute atomic E-state index is 0.0239. The van der Waals surface area contributed by atoms with Crippen LogP contribution in [-0.2, 0) is 20.1 Å². The molecule has 0 N–H and O–H groups in total. The van der Waals surface area contributed by atoms with Gasteiger partial charge in [0.15, 0.2) is 5.75 Å². The Hall–Kier alpha value is -5.59. The van der Waals surface area contributed by atoms with Crippen molar-refractivity contribution in [3.63, 3.8) is 0 Å². The lowest BCUT2D eigenvalue weighted by atomic mass is 9.92. The summed E-state index contributed by atoms with van der Waals surface area (Å²) in [5.41, 5.74) is 2.74. The Morgan fingerprint density at radius 3 is 1.85 bits per heavy atom. The van der Waals surface area contributed by atoms with Crippen LogP contribution in [0.3, 0.4) is 0 Å². The molecule has 0 saturated carbocycles. The van der Waals surface area contributed by atoms with E-state index in [1.54, 1.807) is 66.7 Å². The van der Waals surface area contributed by atoms with Crippen LogP contribution in [0.15, 0.2) is 119 Å². The highest BCUT2D eigenvalue weighted by Crippen LogP contribution is 2.44. The first-order chi connectivity index (χ1) is 22.9. The first-order valence-electron chi connectivity index (χ1n) is 14.8. The smallest absolute Gasteiger partial charge is 0.339 e. The van der Waals surface area contributed by atoms with Crippen molar-refractivity contribution in [3.05, 3.63) is 131 Å². The van der Waals surface area contributed by atoms with E-state index in [0.717, 1.165) is 20.1 Å². The van der Waals surface area contributed by atoms with Gasteiger partial charge < -0.3 is 4.18 Å². The second-order valence-corrected chi connectivity index (χ2v) is 14.8. The van der Waals surface area contributed by atoms with Crippen molar-refractivity contribution < 1.29 is 30.6 Å². The Labute approximate surface area is 277 Å². The molecule has 12 heteroatoms. The number of aromatic nitrogens is 2. The second-order valence-electron chi connectivity index (χ2n) is 11.5. The highest BCUT2D eigenvalue weighted by Gasteiger charge is 2.41. The normalized spacial score (nSPS) is 13.3. The molecule has 0 spiro atoms. The van der Waals surface area contributed by atoms with Crippen LogP contribution in [0.1, 0.15) is 31.8 Å². The topological polar surface area (TPSA) is 133 Å². The summed E-state index contributed by atoms with van der Waals surface area (Å²) in [6.07, 6.45) is 0. The van der Waals surface area contributed by atoms with E-state index in [-0.39, 0.29) is 48.8 Å². The number of carbonyl (C=O) groups excluding carboxylic acids is 2. The standard InChI is InChI=1S/C36H27N3O7S2/c1-22-13-17-25(18-14-22)47(42,43)39-29-21-28(24-9-5-4-6-10-24)31-33(36(41)38(3)35(31)40)32(29)34(37-39)27-11-7-8-12-30(27)46-48(44,45)26-19-15-23(2)16-20-26/h4-21H,1-3H3. The maximum atomic E-state index is 14.3. The van der Waals surface area contributed by atoms with Crippen molar-refractivity contribution in [1.29, 1.82) is 0 Å².